The topological polar surface area (TPSA) is 79.7 Å². The number of ketones is 1. The van der Waals surface area contributed by atoms with Gasteiger partial charge < -0.3 is 14.7 Å². The molecule has 1 saturated heterocycles. The fraction of sp³-hybridized carbons (Fsp3) is 0.229. The lowest BCUT2D eigenvalue weighted by Crippen LogP contribution is -2.29. The zero-order valence-corrected chi connectivity index (χ0v) is 23.8. The first-order chi connectivity index (χ1) is 19.6. The molecule has 0 aliphatic carbocycles. The van der Waals surface area contributed by atoms with Gasteiger partial charge in [0.1, 0.15) is 18.1 Å². The van der Waals surface area contributed by atoms with Crippen molar-refractivity contribution in [1.82, 2.24) is 9.88 Å². The first-order valence-corrected chi connectivity index (χ1v) is 13.7. The number of amides is 1. The van der Waals surface area contributed by atoms with E-state index in [1.807, 2.05) is 73.7 Å². The molecule has 1 aliphatic heterocycles. The zero-order chi connectivity index (χ0) is 29.1. The third-order valence-electron chi connectivity index (χ3n) is 7.41. The van der Waals surface area contributed by atoms with E-state index >= 15 is 0 Å². The van der Waals surface area contributed by atoms with Crippen molar-refractivity contribution in [2.24, 2.45) is 0 Å². The van der Waals surface area contributed by atoms with Gasteiger partial charge in [-0.3, -0.25) is 14.6 Å². The summed E-state index contributed by atoms with van der Waals surface area (Å²) in [4.78, 5) is 32.6. The fourth-order valence-electron chi connectivity index (χ4n) is 5.12. The predicted molar refractivity (Wildman–Crippen MR) is 159 cm³/mol. The highest BCUT2D eigenvalue weighted by Gasteiger charge is 2.46. The molecule has 1 aliphatic rings. The van der Waals surface area contributed by atoms with Crippen molar-refractivity contribution in [2.45, 2.75) is 52.3 Å². The van der Waals surface area contributed by atoms with E-state index in [1.165, 1.54) is 4.90 Å². The molecule has 1 aromatic heterocycles. The van der Waals surface area contributed by atoms with E-state index in [0.29, 0.717) is 17.9 Å². The number of Topliss-reactive ketones (excluding diaryl/α,β-unsaturated/α-hetero) is 1. The second-order valence-corrected chi connectivity index (χ2v) is 11.4. The van der Waals surface area contributed by atoms with Crippen molar-refractivity contribution in [3.8, 4) is 5.75 Å². The van der Waals surface area contributed by atoms with Crippen LogP contribution >= 0.6 is 0 Å². The van der Waals surface area contributed by atoms with Gasteiger partial charge in [-0.2, -0.15) is 0 Å². The van der Waals surface area contributed by atoms with E-state index in [-0.39, 0.29) is 23.3 Å². The molecule has 208 valence electrons. The summed E-state index contributed by atoms with van der Waals surface area (Å²) in [5.41, 5.74) is 4.95. The first-order valence-electron chi connectivity index (χ1n) is 13.7. The Morgan fingerprint density at radius 1 is 0.927 bits per heavy atom. The lowest BCUT2D eigenvalue weighted by Gasteiger charge is -2.26. The van der Waals surface area contributed by atoms with Crippen molar-refractivity contribution in [1.29, 1.82) is 0 Å². The molecule has 1 atom stereocenters. The van der Waals surface area contributed by atoms with Crippen molar-refractivity contribution < 1.29 is 19.4 Å². The number of hydrogen-bond acceptors (Lipinski definition) is 5. The summed E-state index contributed by atoms with van der Waals surface area (Å²) >= 11 is 0. The second kappa shape index (κ2) is 11.4. The molecule has 6 nitrogen and oxygen atoms in total. The highest BCUT2D eigenvalue weighted by atomic mass is 16.5. The largest absolute Gasteiger partial charge is 0.507 e. The maximum Gasteiger partial charge on any atom is 0.295 e. The van der Waals surface area contributed by atoms with Gasteiger partial charge in [0, 0.05) is 24.5 Å². The summed E-state index contributed by atoms with van der Waals surface area (Å²) in [7, 11) is 0. The van der Waals surface area contributed by atoms with Crippen molar-refractivity contribution in [2.75, 3.05) is 0 Å². The normalized spacial score (nSPS) is 16.7. The van der Waals surface area contributed by atoms with Crippen LogP contribution < -0.4 is 4.74 Å². The monoisotopic (exact) mass is 546 g/mol. The Kier molecular flexibility index (Phi) is 7.75. The van der Waals surface area contributed by atoms with Crippen molar-refractivity contribution >= 4 is 17.4 Å². The van der Waals surface area contributed by atoms with Gasteiger partial charge in [0.2, 0.25) is 0 Å². The minimum absolute atomic E-state index is 0.0580. The Balaban J connectivity index is 1.53. The number of carbonyl (C=O) groups excluding carboxylic acids is 2. The highest BCUT2D eigenvalue weighted by molar-refractivity contribution is 6.46. The van der Waals surface area contributed by atoms with E-state index in [9.17, 15) is 14.7 Å². The summed E-state index contributed by atoms with van der Waals surface area (Å²) in [6.45, 7) is 8.84. The predicted octanol–water partition coefficient (Wildman–Crippen LogP) is 6.89. The number of carbonyl (C=O) groups is 2. The number of nitrogens with zero attached hydrogens (tertiary/aromatic N) is 2. The molecule has 41 heavy (non-hydrogen) atoms. The fourth-order valence-corrected chi connectivity index (χ4v) is 5.12. The number of aromatic nitrogens is 1. The van der Waals surface area contributed by atoms with Gasteiger partial charge in [0.05, 0.1) is 11.6 Å². The van der Waals surface area contributed by atoms with Gasteiger partial charge in [-0.05, 0) is 64.4 Å². The van der Waals surface area contributed by atoms with Crippen LogP contribution in [-0.2, 0) is 28.2 Å². The van der Waals surface area contributed by atoms with Crippen LogP contribution in [0.2, 0.25) is 0 Å². The van der Waals surface area contributed by atoms with E-state index in [4.69, 9.17) is 4.74 Å². The average molecular weight is 547 g/mol. The van der Waals surface area contributed by atoms with Gasteiger partial charge in [0.25, 0.3) is 11.7 Å². The molecule has 2 heterocycles. The number of likely N-dealkylation sites (tertiary alicyclic amines) is 1. The van der Waals surface area contributed by atoms with Crippen LogP contribution in [0.1, 0.15) is 60.2 Å². The van der Waals surface area contributed by atoms with E-state index < -0.39 is 17.7 Å². The average Bonchev–Trinajstić information content (AvgIpc) is 3.21. The van der Waals surface area contributed by atoms with Crippen LogP contribution in [0.25, 0.3) is 5.76 Å². The zero-order valence-electron chi connectivity index (χ0n) is 23.8. The molecule has 0 radical (unpaired) electrons. The SMILES string of the molecule is Cc1cc(OCc2ccccc2)ccc1/C(O)=C1\C(=O)C(=O)N(Cc2cccnc2)[C@H]1c1ccc(C(C)(C)C)cc1. The van der Waals surface area contributed by atoms with Crippen molar-refractivity contribution in [3.05, 3.63) is 136 Å². The Hall–Kier alpha value is -4.71. The van der Waals surface area contributed by atoms with E-state index in [2.05, 4.69) is 25.8 Å². The molecule has 4 aromatic rings. The Morgan fingerprint density at radius 2 is 1.63 bits per heavy atom. The summed E-state index contributed by atoms with van der Waals surface area (Å²) in [6.07, 6.45) is 3.34. The lowest BCUT2D eigenvalue weighted by atomic mass is 9.85. The van der Waals surface area contributed by atoms with Gasteiger partial charge in [-0.15, -0.1) is 0 Å². The Bertz CT molecular complexity index is 1590. The first kappa shape index (κ1) is 27.8. The molecule has 1 amide bonds. The highest BCUT2D eigenvalue weighted by Crippen LogP contribution is 2.41. The van der Waals surface area contributed by atoms with Crippen LogP contribution in [0.5, 0.6) is 5.75 Å². The molecule has 3 aromatic carbocycles. The van der Waals surface area contributed by atoms with Crippen LogP contribution in [0.15, 0.2) is 103 Å². The van der Waals surface area contributed by atoms with Crippen LogP contribution in [0.4, 0.5) is 0 Å². The number of pyridine rings is 1. The van der Waals surface area contributed by atoms with Crippen LogP contribution in [0.3, 0.4) is 0 Å². The van der Waals surface area contributed by atoms with Crippen LogP contribution in [0, 0.1) is 6.92 Å². The summed E-state index contributed by atoms with van der Waals surface area (Å²) in [5, 5.41) is 11.6. The summed E-state index contributed by atoms with van der Waals surface area (Å²) in [6, 6.07) is 26.0. The third kappa shape index (κ3) is 5.92. The number of benzene rings is 3. The molecular weight excluding hydrogens is 512 g/mol. The van der Waals surface area contributed by atoms with Crippen LogP contribution in [-0.4, -0.2) is 26.7 Å². The molecular formula is C35H34N2O4. The van der Waals surface area contributed by atoms with E-state index in [1.54, 1.807) is 30.6 Å². The minimum Gasteiger partial charge on any atom is -0.507 e. The van der Waals surface area contributed by atoms with Gasteiger partial charge in [-0.25, -0.2) is 0 Å². The molecule has 0 unspecified atom stereocenters. The number of aryl methyl sites for hydroxylation is 1. The molecule has 1 fully saturated rings. The minimum atomic E-state index is -0.752. The van der Waals surface area contributed by atoms with Crippen molar-refractivity contribution in [3.63, 3.8) is 0 Å². The maximum absolute atomic E-state index is 13.5. The maximum atomic E-state index is 13.5. The number of aliphatic hydroxyl groups excluding tert-OH is 1. The number of ether oxygens (including phenoxy) is 1. The second-order valence-electron chi connectivity index (χ2n) is 11.4. The smallest absolute Gasteiger partial charge is 0.295 e. The third-order valence-corrected chi connectivity index (χ3v) is 7.41. The number of aliphatic hydroxyl groups is 1. The van der Waals surface area contributed by atoms with Gasteiger partial charge in [-0.1, -0.05) is 81.4 Å². The Labute approximate surface area is 240 Å². The lowest BCUT2D eigenvalue weighted by molar-refractivity contribution is -0.140. The summed E-state index contributed by atoms with van der Waals surface area (Å²) in [5.74, 6) is -0.913. The van der Waals surface area contributed by atoms with E-state index in [0.717, 1.165) is 27.8 Å². The summed E-state index contributed by atoms with van der Waals surface area (Å²) < 4.78 is 5.95. The molecule has 6 heteroatoms. The van der Waals surface area contributed by atoms with Gasteiger partial charge in [0.15, 0.2) is 0 Å². The number of rotatable bonds is 7. The molecule has 0 saturated carbocycles. The van der Waals surface area contributed by atoms with Gasteiger partial charge >= 0.3 is 0 Å². The molecule has 0 spiro atoms. The molecule has 0 bridgehead atoms. The number of hydrogen-bond donors (Lipinski definition) is 1. The Morgan fingerprint density at radius 3 is 2.27 bits per heavy atom. The molecule has 5 rings (SSSR count). The molecule has 1 N–H and O–H groups in total. The quantitative estimate of drug-likeness (QED) is 0.155. The standard InChI is InChI=1S/C35H34N2O4/c1-23-19-28(41-22-24-9-6-5-7-10-24)16-17-29(23)32(38)30-31(26-12-14-27(15-13-26)35(2,3)4)37(34(40)33(30)39)21-25-11-8-18-36-20-25/h5-20,31,38H,21-22H2,1-4H3/b32-30+/t31-/m0/s1.